The van der Waals surface area contributed by atoms with Gasteiger partial charge < -0.3 is 10.3 Å². The molecule has 1 unspecified atom stereocenters. The molecule has 0 aliphatic heterocycles. The van der Waals surface area contributed by atoms with Crippen molar-refractivity contribution in [2.75, 3.05) is 0 Å². The molecule has 1 aliphatic carbocycles. The highest BCUT2D eigenvalue weighted by Gasteiger charge is 2.22. The monoisotopic (exact) mass is 271 g/mol. The summed E-state index contributed by atoms with van der Waals surface area (Å²) in [4.78, 5) is 10.7. The van der Waals surface area contributed by atoms with Crippen molar-refractivity contribution in [3.8, 4) is 5.69 Å². The molecule has 0 saturated heterocycles. The normalized spacial score (nSPS) is 17.8. The molecule has 1 aromatic carbocycles. The first kappa shape index (κ1) is 12.9. The van der Waals surface area contributed by atoms with Crippen LogP contribution in [0.1, 0.15) is 35.7 Å². The van der Waals surface area contributed by atoms with Crippen LogP contribution in [0.2, 0.25) is 0 Å². The Morgan fingerprint density at radius 3 is 2.95 bits per heavy atom. The summed E-state index contributed by atoms with van der Waals surface area (Å²) in [6.45, 7) is 1.79. The van der Waals surface area contributed by atoms with Crippen LogP contribution in [-0.4, -0.2) is 9.49 Å². The predicted octanol–water partition coefficient (Wildman–Crippen LogP) is 3.03. The van der Waals surface area contributed by atoms with Gasteiger partial charge in [-0.2, -0.15) is 0 Å². The van der Waals surface area contributed by atoms with Crippen LogP contribution in [0, 0.1) is 17.0 Å². The molecular formula is C15H17N3O2. The Bertz CT molecular complexity index is 676. The zero-order chi connectivity index (χ0) is 14.3. The van der Waals surface area contributed by atoms with E-state index in [4.69, 9.17) is 5.73 Å². The van der Waals surface area contributed by atoms with Crippen molar-refractivity contribution >= 4 is 5.69 Å². The Morgan fingerprint density at radius 1 is 1.40 bits per heavy atom. The van der Waals surface area contributed by atoms with Crippen LogP contribution in [0.15, 0.2) is 30.5 Å². The number of rotatable bonds is 2. The van der Waals surface area contributed by atoms with Gasteiger partial charge in [-0.15, -0.1) is 0 Å². The summed E-state index contributed by atoms with van der Waals surface area (Å²) in [7, 11) is 0. The molecule has 0 spiro atoms. The van der Waals surface area contributed by atoms with E-state index in [0.717, 1.165) is 24.9 Å². The summed E-state index contributed by atoms with van der Waals surface area (Å²) in [5.41, 5.74) is 10.2. The molecule has 1 aliphatic rings. The van der Waals surface area contributed by atoms with Gasteiger partial charge in [0, 0.05) is 24.0 Å². The average molecular weight is 271 g/mol. The number of hydrogen-bond donors (Lipinski definition) is 1. The lowest BCUT2D eigenvalue weighted by molar-refractivity contribution is -0.385. The minimum Gasteiger partial charge on any atom is -0.324 e. The first-order valence-corrected chi connectivity index (χ1v) is 6.79. The van der Waals surface area contributed by atoms with Crippen molar-refractivity contribution in [2.45, 2.75) is 32.2 Å². The summed E-state index contributed by atoms with van der Waals surface area (Å²) in [6.07, 6.45) is 5.01. The van der Waals surface area contributed by atoms with E-state index in [9.17, 15) is 10.1 Å². The summed E-state index contributed by atoms with van der Waals surface area (Å²) >= 11 is 0. The van der Waals surface area contributed by atoms with Gasteiger partial charge in [-0.25, -0.2) is 0 Å². The van der Waals surface area contributed by atoms with Gasteiger partial charge in [-0.05, 0) is 43.9 Å². The minimum atomic E-state index is -0.333. The molecule has 0 radical (unpaired) electrons. The topological polar surface area (TPSA) is 74.1 Å². The molecule has 104 valence electrons. The fourth-order valence-corrected chi connectivity index (χ4v) is 3.02. The van der Waals surface area contributed by atoms with Crippen LogP contribution >= 0.6 is 0 Å². The fourth-order valence-electron chi connectivity index (χ4n) is 3.02. The third-order valence-corrected chi connectivity index (χ3v) is 4.09. The Labute approximate surface area is 117 Å². The zero-order valence-corrected chi connectivity index (χ0v) is 11.4. The Balaban J connectivity index is 2.15. The number of nitrogens with two attached hydrogens (primary N) is 1. The molecule has 1 atom stereocenters. The predicted molar refractivity (Wildman–Crippen MR) is 77.0 cm³/mol. The second kappa shape index (κ2) is 4.76. The summed E-state index contributed by atoms with van der Waals surface area (Å²) in [5.74, 6) is 0. The van der Waals surface area contributed by atoms with Crippen LogP contribution in [0.5, 0.6) is 0 Å². The highest BCUT2D eigenvalue weighted by Crippen LogP contribution is 2.33. The maximum absolute atomic E-state index is 11.1. The molecule has 1 aromatic heterocycles. The molecule has 0 amide bonds. The van der Waals surface area contributed by atoms with Crippen LogP contribution < -0.4 is 5.73 Å². The lowest BCUT2D eigenvalue weighted by Gasteiger charge is -2.21. The van der Waals surface area contributed by atoms with Crippen LogP contribution in [0.4, 0.5) is 5.69 Å². The molecule has 2 N–H and O–H groups in total. The minimum absolute atomic E-state index is 0.0824. The molecule has 3 rings (SSSR count). The number of aromatic nitrogens is 1. The first-order valence-electron chi connectivity index (χ1n) is 6.79. The number of hydrogen-bond acceptors (Lipinski definition) is 3. The van der Waals surface area contributed by atoms with Crippen LogP contribution in [0.25, 0.3) is 5.69 Å². The highest BCUT2D eigenvalue weighted by atomic mass is 16.6. The SMILES string of the molecule is Cc1c(-n2ccc3c2CCCC3N)cccc1[N+](=O)[O-]. The molecule has 0 fully saturated rings. The third kappa shape index (κ3) is 1.91. The molecule has 1 heterocycles. The third-order valence-electron chi connectivity index (χ3n) is 4.09. The van der Waals surface area contributed by atoms with Crippen LogP contribution in [-0.2, 0) is 6.42 Å². The smallest absolute Gasteiger partial charge is 0.274 e. The largest absolute Gasteiger partial charge is 0.324 e. The average Bonchev–Trinajstić information content (AvgIpc) is 2.84. The maximum atomic E-state index is 11.1. The van der Waals surface area contributed by atoms with E-state index in [0.29, 0.717) is 5.56 Å². The Kier molecular flexibility index (Phi) is 3.06. The van der Waals surface area contributed by atoms with E-state index in [2.05, 4.69) is 4.57 Å². The molecule has 20 heavy (non-hydrogen) atoms. The molecule has 5 nitrogen and oxygen atoms in total. The van der Waals surface area contributed by atoms with E-state index in [1.54, 1.807) is 19.1 Å². The molecule has 5 heteroatoms. The number of benzene rings is 1. The fraction of sp³-hybridized carbons (Fsp3) is 0.333. The number of nitrogens with zero attached hydrogens (tertiary/aromatic N) is 2. The first-order chi connectivity index (χ1) is 9.59. The second-order valence-corrected chi connectivity index (χ2v) is 5.26. The Hall–Kier alpha value is -2.14. The standard InChI is InChI=1S/C15H17N3O2/c1-10-13(5-3-6-14(10)18(19)20)17-9-8-11-12(16)4-2-7-15(11)17/h3,5-6,8-9,12H,2,4,7,16H2,1H3. The van der Waals surface area contributed by atoms with Crippen molar-refractivity contribution in [3.05, 3.63) is 57.4 Å². The van der Waals surface area contributed by atoms with E-state index in [1.165, 1.54) is 11.3 Å². The van der Waals surface area contributed by atoms with E-state index >= 15 is 0 Å². The van der Waals surface area contributed by atoms with Gasteiger partial charge in [0.15, 0.2) is 0 Å². The summed E-state index contributed by atoms with van der Waals surface area (Å²) < 4.78 is 2.05. The van der Waals surface area contributed by atoms with Gasteiger partial charge in [0.1, 0.15) is 0 Å². The van der Waals surface area contributed by atoms with E-state index < -0.39 is 0 Å². The second-order valence-electron chi connectivity index (χ2n) is 5.26. The molecule has 2 aromatic rings. The lowest BCUT2D eigenvalue weighted by atomic mass is 9.93. The van der Waals surface area contributed by atoms with Crippen molar-refractivity contribution in [3.63, 3.8) is 0 Å². The maximum Gasteiger partial charge on any atom is 0.274 e. The van der Waals surface area contributed by atoms with Crippen molar-refractivity contribution < 1.29 is 4.92 Å². The van der Waals surface area contributed by atoms with Crippen molar-refractivity contribution in [2.24, 2.45) is 5.73 Å². The lowest BCUT2D eigenvalue weighted by Crippen LogP contribution is -2.18. The van der Waals surface area contributed by atoms with Crippen LogP contribution in [0.3, 0.4) is 0 Å². The van der Waals surface area contributed by atoms with Gasteiger partial charge in [0.2, 0.25) is 0 Å². The number of fused-ring (bicyclic) bond motifs is 1. The zero-order valence-electron chi connectivity index (χ0n) is 11.4. The van der Waals surface area contributed by atoms with Crippen molar-refractivity contribution in [1.29, 1.82) is 0 Å². The molecular weight excluding hydrogens is 254 g/mol. The number of nitro groups is 1. The van der Waals surface area contributed by atoms with Gasteiger partial charge in [0.05, 0.1) is 16.2 Å². The number of nitro benzene ring substituents is 1. The highest BCUT2D eigenvalue weighted by molar-refractivity contribution is 5.54. The Morgan fingerprint density at radius 2 is 2.20 bits per heavy atom. The van der Waals surface area contributed by atoms with Crippen molar-refractivity contribution in [1.82, 2.24) is 4.57 Å². The van der Waals surface area contributed by atoms with E-state index in [-0.39, 0.29) is 16.7 Å². The van der Waals surface area contributed by atoms with E-state index in [1.807, 2.05) is 18.3 Å². The summed E-state index contributed by atoms with van der Waals surface area (Å²) in [6, 6.07) is 7.31. The summed E-state index contributed by atoms with van der Waals surface area (Å²) in [5, 5.41) is 11.1. The van der Waals surface area contributed by atoms with Gasteiger partial charge in [-0.3, -0.25) is 10.1 Å². The molecule has 0 bridgehead atoms. The van der Waals surface area contributed by atoms with Gasteiger partial charge in [0.25, 0.3) is 5.69 Å². The molecule has 0 saturated carbocycles. The quantitative estimate of drug-likeness (QED) is 0.674. The van der Waals surface area contributed by atoms with Gasteiger partial charge >= 0.3 is 0 Å². The van der Waals surface area contributed by atoms with Gasteiger partial charge in [-0.1, -0.05) is 6.07 Å².